The van der Waals surface area contributed by atoms with Gasteiger partial charge in [-0.2, -0.15) is 0 Å². The Hall–Kier alpha value is -1.35. The van der Waals surface area contributed by atoms with Crippen molar-refractivity contribution >= 4 is 23.3 Å². The third-order valence-corrected chi connectivity index (χ3v) is 3.69. The van der Waals surface area contributed by atoms with Gasteiger partial charge in [0.1, 0.15) is 5.84 Å². The number of carbonyl (C=O) groups is 1. The van der Waals surface area contributed by atoms with Crippen molar-refractivity contribution in [2.45, 2.75) is 25.3 Å². The molecule has 0 bridgehead atoms. The summed E-state index contributed by atoms with van der Waals surface area (Å²) in [5, 5.41) is 3.54. The summed E-state index contributed by atoms with van der Waals surface area (Å²) in [6.45, 7) is 0. The summed E-state index contributed by atoms with van der Waals surface area (Å²) in [6, 6.07) is 7.59. The molecule has 1 amide bonds. The molecule has 0 aromatic heterocycles. The highest BCUT2D eigenvalue weighted by atomic mass is 35.5. The minimum atomic E-state index is 0.0814. The number of rotatable bonds is 1. The molecule has 0 saturated heterocycles. The Balaban J connectivity index is 1.96. The number of nitrogens with zero attached hydrogens (tertiary/aromatic N) is 1. The quantitative estimate of drug-likeness (QED) is 0.815. The fourth-order valence-corrected chi connectivity index (χ4v) is 2.78. The molecule has 2 atom stereocenters. The Labute approximate surface area is 105 Å². The van der Waals surface area contributed by atoms with Gasteiger partial charge in [-0.1, -0.05) is 30.2 Å². The first-order valence-corrected chi connectivity index (χ1v) is 6.26. The van der Waals surface area contributed by atoms with Gasteiger partial charge < -0.3 is 5.32 Å². The van der Waals surface area contributed by atoms with Crippen LogP contribution in [-0.2, 0) is 4.79 Å². The number of amides is 1. The largest absolute Gasteiger partial charge is 0.310 e. The van der Waals surface area contributed by atoms with Crippen molar-refractivity contribution in [2.75, 3.05) is 0 Å². The molecule has 1 aliphatic heterocycles. The van der Waals surface area contributed by atoms with Gasteiger partial charge in [0.25, 0.3) is 0 Å². The van der Waals surface area contributed by atoms with E-state index in [1.165, 1.54) is 0 Å². The fraction of sp³-hybridized carbons (Fsp3) is 0.385. The lowest BCUT2D eigenvalue weighted by Gasteiger charge is -2.23. The molecule has 1 aromatic carbocycles. The Bertz CT molecular complexity index is 498. The highest BCUT2D eigenvalue weighted by molar-refractivity contribution is 6.31. The zero-order chi connectivity index (χ0) is 11.8. The van der Waals surface area contributed by atoms with E-state index in [4.69, 9.17) is 11.6 Å². The van der Waals surface area contributed by atoms with E-state index < -0.39 is 0 Å². The van der Waals surface area contributed by atoms with Gasteiger partial charge in [-0.25, -0.2) is 0 Å². The van der Waals surface area contributed by atoms with Crippen molar-refractivity contribution in [3.8, 4) is 0 Å². The molecule has 1 heterocycles. The number of fused-ring (bicyclic) bond motifs is 1. The third kappa shape index (κ3) is 1.95. The molecule has 4 heteroatoms. The molecular weight excluding hydrogens is 236 g/mol. The predicted molar refractivity (Wildman–Crippen MR) is 67.3 cm³/mol. The van der Waals surface area contributed by atoms with E-state index in [-0.39, 0.29) is 17.9 Å². The van der Waals surface area contributed by atoms with E-state index in [0.29, 0.717) is 10.9 Å². The van der Waals surface area contributed by atoms with Crippen molar-refractivity contribution in [3.63, 3.8) is 0 Å². The summed E-state index contributed by atoms with van der Waals surface area (Å²) >= 11 is 5.94. The molecule has 0 radical (unpaired) electrons. The SMILES string of the molecule is O=C1NC(c2cccc(Cl)c2)=N[C@@H]2CCC[C@H]12. The van der Waals surface area contributed by atoms with E-state index in [1.807, 2.05) is 24.3 Å². The van der Waals surface area contributed by atoms with Gasteiger partial charge in [0.15, 0.2) is 0 Å². The second kappa shape index (κ2) is 4.15. The normalized spacial score (nSPS) is 27.4. The number of hydrogen-bond donors (Lipinski definition) is 1. The number of hydrogen-bond acceptors (Lipinski definition) is 2. The monoisotopic (exact) mass is 248 g/mol. The number of nitrogens with one attached hydrogen (secondary N) is 1. The minimum absolute atomic E-state index is 0.0814. The summed E-state index contributed by atoms with van der Waals surface area (Å²) < 4.78 is 0. The van der Waals surface area contributed by atoms with E-state index >= 15 is 0 Å². The lowest BCUT2D eigenvalue weighted by atomic mass is 10.0. The highest BCUT2D eigenvalue weighted by Crippen LogP contribution is 2.31. The Morgan fingerprint density at radius 1 is 1.35 bits per heavy atom. The van der Waals surface area contributed by atoms with Crippen LogP contribution in [0.3, 0.4) is 0 Å². The van der Waals surface area contributed by atoms with Crippen LogP contribution in [0, 0.1) is 5.92 Å². The van der Waals surface area contributed by atoms with E-state index in [9.17, 15) is 4.79 Å². The first-order chi connectivity index (χ1) is 8.24. The third-order valence-electron chi connectivity index (χ3n) is 3.45. The van der Waals surface area contributed by atoms with Crippen LogP contribution in [0.2, 0.25) is 5.02 Å². The number of halogens is 1. The average molecular weight is 249 g/mol. The summed E-state index contributed by atoms with van der Waals surface area (Å²) in [5.41, 5.74) is 0.885. The molecule has 1 aromatic rings. The first kappa shape index (κ1) is 10.8. The smallest absolute Gasteiger partial charge is 0.230 e. The maximum atomic E-state index is 11.9. The topological polar surface area (TPSA) is 41.5 Å². The van der Waals surface area contributed by atoms with Crippen LogP contribution in [0.15, 0.2) is 29.3 Å². The standard InChI is InChI=1S/C13H13ClN2O/c14-9-4-1-3-8(7-9)12-15-11-6-2-5-10(11)13(17)16-12/h1,3-4,7,10-11H,2,5-6H2,(H,15,16,17)/t10-,11+/m0/s1. The molecule has 1 fully saturated rings. The first-order valence-electron chi connectivity index (χ1n) is 5.88. The van der Waals surface area contributed by atoms with Gasteiger partial charge >= 0.3 is 0 Å². The second-order valence-electron chi connectivity index (χ2n) is 4.58. The Kier molecular flexibility index (Phi) is 2.63. The van der Waals surface area contributed by atoms with Gasteiger partial charge in [0, 0.05) is 10.6 Å². The number of aliphatic imine (C=N–C) groups is 1. The van der Waals surface area contributed by atoms with Crippen LogP contribution in [0.5, 0.6) is 0 Å². The van der Waals surface area contributed by atoms with Crippen LogP contribution in [0.1, 0.15) is 24.8 Å². The Morgan fingerprint density at radius 2 is 2.24 bits per heavy atom. The van der Waals surface area contributed by atoms with Gasteiger partial charge in [-0.05, 0) is 25.0 Å². The average Bonchev–Trinajstić information content (AvgIpc) is 2.77. The van der Waals surface area contributed by atoms with Crippen LogP contribution in [-0.4, -0.2) is 17.8 Å². The van der Waals surface area contributed by atoms with Gasteiger partial charge in [-0.15, -0.1) is 0 Å². The fourth-order valence-electron chi connectivity index (χ4n) is 2.59. The van der Waals surface area contributed by atoms with Gasteiger partial charge in [0.2, 0.25) is 5.91 Å². The predicted octanol–water partition coefficient (Wildman–Crippen LogP) is 2.39. The number of carbonyl (C=O) groups excluding carboxylic acids is 1. The molecule has 1 aliphatic carbocycles. The maximum Gasteiger partial charge on any atom is 0.230 e. The molecule has 3 nitrogen and oxygen atoms in total. The van der Waals surface area contributed by atoms with Crippen LogP contribution in [0.4, 0.5) is 0 Å². The molecule has 88 valence electrons. The van der Waals surface area contributed by atoms with Crippen LogP contribution < -0.4 is 5.32 Å². The van der Waals surface area contributed by atoms with Crippen molar-refractivity contribution in [1.82, 2.24) is 5.32 Å². The lowest BCUT2D eigenvalue weighted by molar-refractivity contribution is -0.124. The van der Waals surface area contributed by atoms with Gasteiger partial charge in [-0.3, -0.25) is 9.79 Å². The minimum Gasteiger partial charge on any atom is -0.310 e. The molecule has 2 aliphatic rings. The highest BCUT2D eigenvalue weighted by Gasteiger charge is 2.36. The number of benzene rings is 1. The molecule has 0 unspecified atom stereocenters. The van der Waals surface area contributed by atoms with Crippen LogP contribution in [0.25, 0.3) is 0 Å². The maximum absolute atomic E-state index is 11.9. The summed E-state index contributed by atoms with van der Waals surface area (Å²) in [6.07, 6.45) is 3.07. The summed E-state index contributed by atoms with van der Waals surface area (Å²) in [4.78, 5) is 16.6. The number of amidine groups is 1. The lowest BCUT2D eigenvalue weighted by Crippen LogP contribution is -2.44. The van der Waals surface area contributed by atoms with E-state index in [2.05, 4.69) is 10.3 Å². The van der Waals surface area contributed by atoms with Crippen molar-refractivity contribution in [1.29, 1.82) is 0 Å². The molecule has 17 heavy (non-hydrogen) atoms. The molecule has 1 saturated carbocycles. The van der Waals surface area contributed by atoms with Gasteiger partial charge in [0.05, 0.1) is 12.0 Å². The van der Waals surface area contributed by atoms with E-state index in [0.717, 1.165) is 24.8 Å². The Morgan fingerprint density at radius 3 is 3.06 bits per heavy atom. The summed E-state index contributed by atoms with van der Waals surface area (Å²) in [5.74, 6) is 0.857. The molecule has 1 N–H and O–H groups in total. The molecular formula is C13H13ClN2O. The van der Waals surface area contributed by atoms with Crippen molar-refractivity contribution in [2.24, 2.45) is 10.9 Å². The van der Waals surface area contributed by atoms with Crippen molar-refractivity contribution in [3.05, 3.63) is 34.9 Å². The van der Waals surface area contributed by atoms with Crippen molar-refractivity contribution < 1.29 is 4.79 Å². The van der Waals surface area contributed by atoms with E-state index in [1.54, 1.807) is 0 Å². The zero-order valence-corrected chi connectivity index (χ0v) is 10.1. The summed E-state index contributed by atoms with van der Waals surface area (Å²) in [7, 11) is 0. The molecule has 3 rings (SSSR count). The zero-order valence-electron chi connectivity index (χ0n) is 9.32. The second-order valence-corrected chi connectivity index (χ2v) is 5.02. The molecule has 0 spiro atoms. The van der Waals surface area contributed by atoms with Crippen LogP contribution >= 0.6 is 11.6 Å².